The maximum absolute atomic E-state index is 3.94. The quantitative estimate of drug-likeness (QED) is 0.317. The summed E-state index contributed by atoms with van der Waals surface area (Å²) in [7, 11) is 0. The molecule has 1 atom stereocenters. The predicted molar refractivity (Wildman–Crippen MR) is 109 cm³/mol. The molecule has 0 heterocycles. The van der Waals surface area contributed by atoms with E-state index in [9.17, 15) is 0 Å². The monoisotopic (exact) mass is 425 g/mol. The minimum atomic E-state index is 0.674. The van der Waals surface area contributed by atoms with E-state index in [1.807, 2.05) is 0 Å². The van der Waals surface area contributed by atoms with Crippen molar-refractivity contribution < 1.29 is 18.3 Å². The van der Waals surface area contributed by atoms with Crippen molar-refractivity contribution in [1.82, 2.24) is 0 Å². The molecule has 0 saturated heterocycles. The molecule has 2 rings (SSSR count). The molecule has 0 aromatic rings. The molecule has 0 spiro atoms. The molecular formula is C24H35Ru. The van der Waals surface area contributed by atoms with Crippen LogP contribution < -0.4 is 0 Å². The van der Waals surface area contributed by atoms with Gasteiger partial charge in [-0.2, -0.15) is 0 Å². The molecule has 0 aromatic carbocycles. The number of allylic oxidation sites excluding steroid dienone is 10. The minimum absolute atomic E-state index is 0.674. The molecule has 0 bridgehead atoms. The van der Waals surface area contributed by atoms with Gasteiger partial charge in [-0.25, -0.2) is 0 Å². The summed E-state index contributed by atoms with van der Waals surface area (Å²) in [4.78, 5) is 0. The molecule has 0 N–H and O–H groups in total. The molecule has 139 valence electrons. The molecule has 2 aliphatic carbocycles. The van der Waals surface area contributed by atoms with Crippen molar-refractivity contribution in [2.24, 2.45) is 0 Å². The third kappa shape index (κ3) is 12.1. The van der Waals surface area contributed by atoms with Crippen molar-refractivity contribution in [2.45, 2.75) is 76.1 Å². The molecule has 0 saturated carbocycles. The van der Waals surface area contributed by atoms with Crippen molar-refractivity contribution >= 4 is 0 Å². The summed E-state index contributed by atoms with van der Waals surface area (Å²) in [6.45, 7) is 12.1. The zero-order valence-corrected chi connectivity index (χ0v) is 17.9. The van der Waals surface area contributed by atoms with Crippen LogP contribution in [0.4, 0.5) is 0 Å². The van der Waals surface area contributed by atoms with Crippen molar-refractivity contribution in [2.75, 3.05) is 0 Å². The molecule has 0 nitrogen and oxygen atoms in total. The summed E-state index contributed by atoms with van der Waals surface area (Å²) in [5.41, 5.74) is 5.38. The first-order valence-electron chi connectivity index (χ1n) is 9.61. The Labute approximate surface area is 166 Å². The Morgan fingerprint density at radius 1 is 0.920 bits per heavy atom. The molecule has 0 amide bonds. The zero-order valence-electron chi connectivity index (χ0n) is 16.2. The van der Waals surface area contributed by atoms with Gasteiger partial charge >= 0.3 is 91.4 Å². The predicted octanol–water partition coefficient (Wildman–Crippen LogP) is 7.96. The Morgan fingerprint density at radius 3 is 2.12 bits per heavy atom. The van der Waals surface area contributed by atoms with E-state index in [1.54, 1.807) is 0 Å². The number of rotatable bonds is 4. The molecule has 1 unspecified atom stereocenters. The van der Waals surface area contributed by atoms with Gasteiger partial charge in [0.2, 0.25) is 0 Å². The number of hydrogen-bond acceptors (Lipinski definition) is 0. The van der Waals surface area contributed by atoms with Crippen LogP contribution in [0.3, 0.4) is 0 Å². The van der Waals surface area contributed by atoms with Crippen molar-refractivity contribution in [3.63, 3.8) is 0 Å². The third-order valence-electron chi connectivity index (χ3n) is 4.17. The van der Waals surface area contributed by atoms with Gasteiger partial charge in [0.05, 0.1) is 0 Å². The zero-order chi connectivity index (χ0) is 18.5. The molecule has 2 aliphatic rings. The summed E-state index contributed by atoms with van der Waals surface area (Å²) in [5.74, 6) is 0. The van der Waals surface area contributed by atoms with Gasteiger partial charge in [-0.15, -0.1) is 0 Å². The van der Waals surface area contributed by atoms with Crippen LogP contribution in [-0.2, 0) is 18.3 Å². The fourth-order valence-electron chi connectivity index (χ4n) is 2.94. The van der Waals surface area contributed by atoms with Crippen LogP contribution in [0.5, 0.6) is 0 Å². The average Bonchev–Trinajstić information content (AvgIpc) is 2.49. The SMILES string of the molecule is C=C(C)CC1=C/CCCC/C=C\1.C=C(C)CC1=C/CCC[CH]([Ru])/C=C\1. The first kappa shape index (κ1) is 22.1. The van der Waals surface area contributed by atoms with Crippen molar-refractivity contribution in [3.05, 3.63) is 71.9 Å². The molecule has 25 heavy (non-hydrogen) atoms. The summed E-state index contributed by atoms with van der Waals surface area (Å²) in [6, 6.07) is 0. The van der Waals surface area contributed by atoms with E-state index < -0.39 is 0 Å². The Balaban J connectivity index is 0.000000251. The van der Waals surface area contributed by atoms with E-state index >= 15 is 0 Å². The van der Waals surface area contributed by atoms with Crippen molar-refractivity contribution in [1.29, 1.82) is 0 Å². The van der Waals surface area contributed by atoms with Crippen LogP contribution in [0.15, 0.2) is 71.9 Å². The van der Waals surface area contributed by atoms with E-state index in [4.69, 9.17) is 0 Å². The van der Waals surface area contributed by atoms with E-state index in [0.29, 0.717) is 4.51 Å². The van der Waals surface area contributed by atoms with Gasteiger partial charge < -0.3 is 0 Å². The Hall–Kier alpha value is -0.937. The topological polar surface area (TPSA) is 0 Å². The standard InChI is InChI=1S/C12H18.C12H17.Ru/c2*1-11(2)10-12-8-6-4-3-5-7-9-12;/h6,8-9H,1,3-5,7,10H2,2H3;4,6,8-9H,1,3,5,7,10H2,2H3;/b2*8-6-,12-9+;. The second kappa shape index (κ2) is 13.3. The van der Waals surface area contributed by atoms with Gasteiger partial charge in [-0.05, 0) is 44.6 Å². The van der Waals surface area contributed by atoms with Crippen molar-refractivity contribution in [3.8, 4) is 0 Å². The molecule has 0 fully saturated rings. The van der Waals surface area contributed by atoms with Crippen LogP contribution in [0.2, 0.25) is 4.51 Å². The first-order valence-corrected chi connectivity index (χ1v) is 10.6. The van der Waals surface area contributed by atoms with E-state index in [-0.39, 0.29) is 0 Å². The second-order valence-electron chi connectivity index (χ2n) is 7.30. The van der Waals surface area contributed by atoms with Crippen LogP contribution in [0, 0.1) is 0 Å². The summed E-state index contributed by atoms with van der Waals surface area (Å²) in [5, 5.41) is 0. The molecule has 0 aliphatic heterocycles. The summed E-state index contributed by atoms with van der Waals surface area (Å²) < 4.78 is 0.674. The summed E-state index contributed by atoms with van der Waals surface area (Å²) >= 11 is 2.79. The Bertz CT molecular complexity index is 542. The fraction of sp³-hybridized carbons (Fsp3) is 0.500. The van der Waals surface area contributed by atoms with Crippen LogP contribution in [-0.4, -0.2) is 0 Å². The van der Waals surface area contributed by atoms with E-state index in [0.717, 1.165) is 12.8 Å². The Morgan fingerprint density at radius 2 is 1.48 bits per heavy atom. The average molecular weight is 425 g/mol. The maximum atomic E-state index is 3.94. The van der Waals surface area contributed by atoms with Crippen LogP contribution >= 0.6 is 0 Å². The Kier molecular flexibility index (Phi) is 11.8. The normalized spacial score (nSPS) is 27.4. The number of hydrogen-bond donors (Lipinski definition) is 0. The fourth-order valence-corrected chi connectivity index (χ4v) is 3.46. The molecule has 1 heteroatoms. The van der Waals surface area contributed by atoms with E-state index in [2.05, 4.69) is 81.8 Å². The van der Waals surface area contributed by atoms with Crippen LogP contribution in [0.25, 0.3) is 0 Å². The van der Waals surface area contributed by atoms with Gasteiger partial charge in [0.15, 0.2) is 0 Å². The van der Waals surface area contributed by atoms with Gasteiger partial charge in [0.25, 0.3) is 0 Å². The molecule has 0 aromatic heterocycles. The van der Waals surface area contributed by atoms with E-state index in [1.165, 1.54) is 67.2 Å². The van der Waals surface area contributed by atoms with Crippen LogP contribution in [0.1, 0.15) is 71.6 Å². The third-order valence-corrected chi connectivity index (χ3v) is 5.01. The first-order chi connectivity index (χ1) is 12.0. The molecule has 0 radical (unpaired) electrons. The molecular weight excluding hydrogens is 389 g/mol. The summed E-state index contributed by atoms with van der Waals surface area (Å²) in [6.07, 6.45) is 24.9. The van der Waals surface area contributed by atoms with Gasteiger partial charge in [-0.1, -0.05) is 30.4 Å². The second-order valence-corrected chi connectivity index (χ2v) is 8.59. The van der Waals surface area contributed by atoms with Gasteiger partial charge in [0, 0.05) is 0 Å². The van der Waals surface area contributed by atoms with Gasteiger partial charge in [0.1, 0.15) is 0 Å². The van der Waals surface area contributed by atoms with Gasteiger partial charge in [-0.3, -0.25) is 0 Å².